The van der Waals surface area contributed by atoms with Crippen LogP contribution in [0.3, 0.4) is 0 Å². The van der Waals surface area contributed by atoms with Crippen molar-refractivity contribution in [2.75, 3.05) is 14.1 Å². The lowest BCUT2D eigenvalue weighted by Gasteiger charge is -2.36. The van der Waals surface area contributed by atoms with Crippen LogP contribution in [0.5, 0.6) is 11.5 Å². The molecule has 1 unspecified atom stereocenters. The third-order valence-corrected chi connectivity index (χ3v) is 8.78. The molecule has 0 saturated heterocycles. The molecule has 49 heavy (non-hydrogen) atoms. The molecule has 1 aliphatic heterocycles. The van der Waals surface area contributed by atoms with Gasteiger partial charge in [0, 0.05) is 25.6 Å². The molecule has 0 spiro atoms. The van der Waals surface area contributed by atoms with E-state index in [0.717, 1.165) is 64.2 Å². The Bertz CT molecular complexity index is 1460. The summed E-state index contributed by atoms with van der Waals surface area (Å²) in [6.45, 7) is -5.78. The summed E-state index contributed by atoms with van der Waals surface area (Å²) >= 11 is 0. The minimum absolute atomic E-state index is 0.0262. The maximum Gasteiger partial charge on any atom is 0.387 e. The van der Waals surface area contributed by atoms with Crippen LogP contribution in [0, 0.1) is 11.8 Å². The van der Waals surface area contributed by atoms with Gasteiger partial charge < -0.3 is 26.7 Å². The molecular weight excluding hydrogens is 648 g/mol. The van der Waals surface area contributed by atoms with Gasteiger partial charge in [0.2, 0.25) is 11.6 Å². The number of carbonyl (C=O) groups excluding carboxylic acids is 3. The molecule has 2 aromatic carbocycles. The number of hydrogen-bond acceptors (Lipinski definition) is 8. The molecule has 0 aromatic heterocycles. The van der Waals surface area contributed by atoms with Gasteiger partial charge in [0.25, 0.3) is 5.91 Å². The number of benzene rings is 2. The SMILES string of the molecule is CN1C(=O)C(c2ccc(OC(F)F)cc2)(C2CCCCC2)N=C1N.CN=C(N)N.O=C(C(=O)C1CCCCC1)c1ccc(OC(F)F)cc1. The van der Waals surface area contributed by atoms with Gasteiger partial charge in [0.05, 0.1) is 0 Å². The molecule has 0 radical (unpaired) electrons. The lowest BCUT2D eigenvalue weighted by Crippen LogP contribution is -2.45. The average molecular weight is 693 g/mol. The number of halogens is 4. The molecule has 2 saturated carbocycles. The number of nitrogens with two attached hydrogens (primary N) is 3. The fourth-order valence-electron chi connectivity index (χ4n) is 6.24. The second-order valence-corrected chi connectivity index (χ2v) is 11.9. The molecule has 2 aromatic rings. The smallest absolute Gasteiger partial charge is 0.387 e. The number of Topliss-reactive ketones (excluding diaryl/α,β-unsaturated/α-hetero) is 2. The van der Waals surface area contributed by atoms with Gasteiger partial charge in [-0.25, -0.2) is 4.99 Å². The van der Waals surface area contributed by atoms with E-state index in [1.165, 1.54) is 48.3 Å². The first-order chi connectivity index (χ1) is 23.3. The first-order valence-electron chi connectivity index (χ1n) is 16.1. The van der Waals surface area contributed by atoms with Gasteiger partial charge in [-0.15, -0.1) is 0 Å². The zero-order valence-corrected chi connectivity index (χ0v) is 27.6. The highest BCUT2D eigenvalue weighted by atomic mass is 19.3. The molecule has 2 fully saturated rings. The molecule has 1 amide bonds. The minimum Gasteiger partial charge on any atom is -0.435 e. The van der Waals surface area contributed by atoms with Crippen LogP contribution in [0.2, 0.25) is 0 Å². The molecule has 1 heterocycles. The van der Waals surface area contributed by atoms with Gasteiger partial charge in [-0.1, -0.05) is 50.7 Å². The predicted molar refractivity (Wildman–Crippen MR) is 176 cm³/mol. The third-order valence-electron chi connectivity index (χ3n) is 8.78. The van der Waals surface area contributed by atoms with E-state index in [2.05, 4.69) is 19.5 Å². The van der Waals surface area contributed by atoms with E-state index < -0.39 is 24.5 Å². The summed E-state index contributed by atoms with van der Waals surface area (Å²) in [5, 5.41) is 0. The summed E-state index contributed by atoms with van der Waals surface area (Å²) in [5.41, 5.74) is 15.4. The maximum absolute atomic E-state index is 13.0. The molecular formula is C34H44F4N6O5. The molecule has 0 bridgehead atoms. The first-order valence-corrected chi connectivity index (χ1v) is 16.1. The Balaban J connectivity index is 0.000000237. The normalized spacial score (nSPS) is 19.6. The lowest BCUT2D eigenvalue weighted by atomic mass is 9.71. The summed E-state index contributed by atoms with van der Waals surface area (Å²) in [6.07, 6.45) is 9.62. The Morgan fingerprint density at radius 3 is 1.69 bits per heavy atom. The average Bonchev–Trinajstić information content (AvgIpc) is 3.33. The van der Waals surface area contributed by atoms with Gasteiger partial charge >= 0.3 is 13.2 Å². The van der Waals surface area contributed by atoms with Gasteiger partial charge in [0.1, 0.15) is 11.5 Å². The van der Waals surface area contributed by atoms with Crippen molar-refractivity contribution in [1.29, 1.82) is 0 Å². The van der Waals surface area contributed by atoms with Crippen LogP contribution in [-0.4, -0.2) is 61.6 Å². The Morgan fingerprint density at radius 1 is 0.837 bits per heavy atom. The van der Waals surface area contributed by atoms with Crippen LogP contribution in [0.25, 0.3) is 0 Å². The van der Waals surface area contributed by atoms with Gasteiger partial charge in [-0.2, -0.15) is 17.6 Å². The van der Waals surface area contributed by atoms with Crippen LogP contribution in [0.15, 0.2) is 58.5 Å². The molecule has 11 nitrogen and oxygen atoms in total. The van der Waals surface area contributed by atoms with Crippen molar-refractivity contribution in [2.24, 2.45) is 39.0 Å². The maximum atomic E-state index is 13.0. The number of carbonyl (C=O) groups is 3. The Hall–Kier alpha value is -4.69. The molecule has 3 aliphatic rings. The first kappa shape index (κ1) is 38.8. The van der Waals surface area contributed by atoms with E-state index in [0.29, 0.717) is 5.56 Å². The number of rotatable bonds is 9. The van der Waals surface area contributed by atoms with Crippen molar-refractivity contribution in [3.05, 3.63) is 59.7 Å². The molecule has 268 valence electrons. The monoisotopic (exact) mass is 692 g/mol. The third kappa shape index (κ3) is 10.4. The highest BCUT2D eigenvalue weighted by molar-refractivity contribution is 6.44. The number of nitrogens with zero attached hydrogens (tertiary/aromatic N) is 3. The standard InChI is InChI=1S/C17H21F2N3O2.C15H16F2O3.C2H7N3/c1-22-14(23)17(21-16(22)20,11-5-3-2-4-6-11)12-7-9-13(10-8-12)24-15(18)19;16-15(17)20-12-8-6-11(7-9-12)14(19)13(18)10-4-2-1-3-5-10;1-5-2(3)4/h7-11,15H,2-6H2,1H3,(H2,20,21);6-10,15H,1-5H2;1H3,(H4,3,4,5). The van der Waals surface area contributed by atoms with Crippen LogP contribution in [-0.2, 0) is 15.1 Å². The van der Waals surface area contributed by atoms with E-state index in [1.807, 2.05) is 0 Å². The molecule has 6 N–H and O–H groups in total. The van der Waals surface area contributed by atoms with Crippen molar-refractivity contribution in [1.82, 2.24) is 4.90 Å². The number of guanidine groups is 2. The van der Waals surface area contributed by atoms with Gasteiger partial charge in [-0.3, -0.25) is 24.3 Å². The lowest BCUT2D eigenvalue weighted by molar-refractivity contribution is -0.133. The zero-order chi connectivity index (χ0) is 36.1. The van der Waals surface area contributed by atoms with Crippen LogP contribution < -0.4 is 26.7 Å². The number of amides is 1. The number of likely N-dealkylation sites (N-methyl/N-ethyl adjacent to an activating group) is 1. The highest BCUT2D eigenvalue weighted by Gasteiger charge is 2.53. The topological polar surface area (TPSA) is 176 Å². The summed E-state index contributed by atoms with van der Waals surface area (Å²) in [5.74, 6) is -0.840. The Morgan fingerprint density at radius 2 is 1.29 bits per heavy atom. The fraction of sp³-hybridized carbons (Fsp3) is 0.500. The molecule has 15 heteroatoms. The molecule has 2 aliphatic carbocycles. The molecule has 5 rings (SSSR count). The largest absolute Gasteiger partial charge is 0.435 e. The van der Waals surface area contributed by atoms with E-state index in [4.69, 9.17) is 17.2 Å². The van der Waals surface area contributed by atoms with E-state index >= 15 is 0 Å². The van der Waals surface area contributed by atoms with Crippen LogP contribution >= 0.6 is 0 Å². The predicted octanol–water partition coefficient (Wildman–Crippen LogP) is 5.36. The molecule has 1 atom stereocenters. The van der Waals surface area contributed by atoms with Gasteiger partial charge in [0.15, 0.2) is 17.5 Å². The van der Waals surface area contributed by atoms with Crippen LogP contribution in [0.1, 0.15) is 80.1 Å². The van der Waals surface area contributed by atoms with Crippen molar-refractivity contribution >= 4 is 29.4 Å². The zero-order valence-electron chi connectivity index (χ0n) is 27.6. The van der Waals surface area contributed by atoms with E-state index in [9.17, 15) is 31.9 Å². The van der Waals surface area contributed by atoms with Gasteiger partial charge in [-0.05, 0) is 73.6 Å². The number of aliphatic imine (C=N–C) groups is 2. The van der Waals surface area contributed by atoms with Crippen molar-refractivity contribution in [3.63, 3.8) is 0 Å². The number of alkyl halides is 4. The Kier molecular flexibility index (Phi) is 14.4. The highest BCUT2D eigenvalue weighted by Crippen LogP contribution is 2.46. The van der Waals surface area contributed by atoms with Crippen molar-refractivity contribution < 1.29 is 41.4 Å². The second-order valence-electron chi connectivity index (χ2n) is 11.9. The summed E-state index contributed by atoms with van der Waals surface area (Å²) < 4.78 is 57.3. The quantitative estimate of drug-likeness (QED) is 0.103. The summed E-state index contributed by atoms with van der Waals surface area (Å²) in [6, 6.07) is 11.4. The second kappa shape index (κ2) is 18.2. The minimum atomic E-state index is -2.90. The number of ether oxygens (including phenoxy) is 2. The van der Waals surface area contributed by atoms with Crippen molar-refractivity contribution in [3.8, 4) is 11.5 Å². The van der Waals surface area contributed by atoms with E-state index in [1.54, 1.807) is 19.2 Å². The van der Waals surface area contributed by atoms with Crippen LogP contribution in [0.4, 0.5) is 17.6 Å². The Labute approximate surface area is 282 Å². The van der Waals surface area contributed by atoms with Crippen molar-refractivity contribution in [2.45, 2.75) is 83.0 Å². The summed E-state index contributed by atoms with van der Waals surface area (Å²) in [7, 11) is 3.15. The number of ketones is 2. The number of hydrogen-bond donors (Lipinski definition) is 3. The van der Waals surface area contributed by atoms with E-state index in [-0.39, 0.29) is 52.5 Å². The fourth-order valence-corrected chi connectivity index (χ4v) is 6.24. The summed E-state index contributed by atoms with van der Waals surface area (Å²) in [4.78, 5) is 46.4.